The van der Waals surface area contributed by atoms with Crippen molar-refractivity contribution in [1.29, 1.82) is 0 Å². The molecule has 114 valence electrons. The molecule has 21 heavy (non-hydrogen) atoms. The molecule has 0 spiro atoms. The maximum atomic E-state index is 12.6. The van der Waals surface area contributed by atoms with E-state index >= 15 is 0 Å². The summed E-state index contributed by atoms with van der Waals surface area (Å²) in [6.07, 6.45) is 2.33. The molecule has 3 rings (SSSR count). The van der Waals surface area contributed by atoms with E-state index in [-0.39, 0.29) is 18.3 Å². The van der Waals surface area contributed by atoms with Crippen LogP contribution >= 0.6 is 23.7 Å². The number of rotatable bonds is 3. The van der Waals surface area contributed by atoms with E-state index in [1.807, 2.05) is 24.1 Å². The lowest BCUT2D eigenvalue weighted by Gasteiger charge is -2.32. The van der Waals surface area contributed by atoms with Crippen LogP contribution < -0.4 is 5.32 Å². The van der Waals surface area contributed by atoms with Crippen LogP contribution in [-0.2, 0) is 0 Å². The lowest BCUT2D eigenvalue weighted by Crippen LogP contribution is -2.42. The SMILES string of the molecule is CNCC1CCCN(C(=O)c2ccc3sccc3c2)C1.Cl. The molecule has 1 amide bonds. The first-order valence-corrected chi connectivity index (χ1v) is 8.07. The number of likely N-dealkylation sites (tertiary alicyclic amines) is 1. The van der Waals surface area contributed by atoms with Crippen LogP contribution in [0.25, 0.3) is 10.1 Å². The van der Waals surface area contributed by atoms with Gasteiger partial charge in [0.05, 0.1) is 0 Å². The van der Waals surface area contributed by atoms with Gasteiger partial charge < -0.3 is 10.2 Å². The molecule has 1 aliphatic rings. The number of thiophene rings is 1. The molecule has 1 fully saturated rings. The highest BCUT2D eigenvalue weighted by Crippen LogP contribution is 2.24. The summed E-state index contributed by atoms with van der Waals surface area (Å²) in [6, 6.07) is 8.12. The zero-order valence-electron chi connectivity index (χ0n) is 12.2. The lowest BCUT2D eigenvalue weighted by molar-refractivity contribution is 0.0674. The molecule has 0 saturated carbocycles. The molecule has 1 unspecified atom stereocenters. The van der Waals surface area contributed by atoms with Crippen molar-refractivity contribution in [3.8, 4) is 0 Å². The Morgan fingerprint density at radius 3 is 3.10 bits per heavy atom. The van der Waals surface area contributed by atoms with Crippen molar-refractivity contribution in [1.82, 2.24) is 10.2 Å². The predicted molar refractivity (Wildman–Crippen MR) is 91.6 cm³/mol. The van der Waals surface area contributed by atoms with E-state index in [1.165, 1.54) is 16.5 Å². The van der Waals surface area contributed by atoms with Gasteiger partial charge in [0.2, 0.25) is 0 Å². The molecule has 1 N–H and O–H groups in total. The van der Waals surface area contributed by atoms with Crippen molar-refractivity contribution in [2.24, 2.45) is 5.92 Å². The fourth-order valence-corrected chi connectivity index (χ4v) is 3.76. The number of fused-ring (bicyclic) bond motifs is 1. The summed E-state index contributed by atoms with van der Waals surface area (Å²) in [5, 5.41) is 6.46. The van der Waals surface area contributed by atoms with Gasteiger partial charge in [-0.15, -0.1) is 23.7 Å². The average molecular weight is 325 g/mol. The third-order valence-electron chi connectivity index (χ3n) is 4.00. The van der Waals surface area contributed by atoms with Crippen LogP contribution in [0.5, 0.6) is 0 Å². The van der Waals surface area contributed by atoms with Crippen molar-refractivity contribution in [2.45, 2.75) is 12.8 Å². The summed E-state index contributed by atoms with van der Waals surface area (Å²) in [4.78, 5) is 14.6. The van der Waals surface area contributed by atoms with Gasteiger partial charge in [0.15, 0.2) is 0 Å². The van der Waals surface area contributed by atoms with E-state index in [9.17, 15) is 4.79 Å². The summed E-state index contributed by atoms with van der Waals surface area (Å²) in [6.45, 7) is 2.76. The van der Waals surface area contributed by atoms with E-state index in [0.717, 1.165) is 31.6 Å². The van der Waals surface area contributed by atoms with Gasteiger partial charge in [0.1, 0.15) is 0 Å². The van der Waals surface area contributed by atoms with E-state index in [0.29, 0.717) is 5.92 Å². The summed E-state index contributed by atoms with van der Waals surface area (Å²) >= 11 is 1.72. The molecule has 0 bridgehead atoms. The number of carbonyl (C=O) groups is 1. The molecule has 2 heterocycles. The molecule has 1 saturated heterocycles. The zero-order valence-corrected chi connectivity index (χ0v) is 13.8. The fraction of sp³-hybridized carbons (Fsp3) is 0.438. The summed E-state index contributed by atoms with van der Waals surface area (Å²) in [5.41, 5.74) is 0.820. The molecule has 1 aromatic carbocycles. The van der Waals surface area contributed by atoms with Crippen molar-refractivity contribution >= 4 is 39.7 Å². The number of hydrogen-bond acceptors (Lipinski definition) is 3. The summed E-state index contributed by atoms with van der Waals surface area (Å²) < 4.78 is 1.24. The molecule has 0 radical (unpaired) electrons. The van der Waals surface area contributed by atoms with Crippen LogP contribution in [0, 0.1) is 5.92 Å². The Hall–Kier alpha value is -1.10. The molecule has 1 atom stereocenters. The molecule has 5 heteroatoms. The van der Waals surface area contributed by atoms with Crippen LogP contribution in [0.1, 0.15) is 23.2 Å². The van der Waals surface area contributed by atoms with Crippen LogP contribution in [0.2, 0.25) is 0 Å². The Morgan fingerprint density at radius 2 is 2.29 bits per heavy atom. The molecule has 1 aliphatic heterocycles. The number of nitrogens with one attached hydrogen (secondary N) is 1. The highest BCUT2D eigenvalue weighted by molar-refractivity contribution is 7.17. The molecule has 3 nitrogen and oxygen atoms in total. The number of benzene rings is 1. The Kier molecular flexibility index (Phi) is 5.62. The second kappa shape index (κ2) is 7.25. The monoisotopic (exact) mass is 324 g/mol. The van der Waals surface area contributed by atoms with E-state index in [4.69, 9.17) is 0 Å². The lowest BCUT2D eigenvalue weighted by atomic mass is 9.97. The first-order chi connectivity index (χ1) is 9.78. The van der Waals surface area contributed by atoms with Crippen LogP contribution in [-0.4, -0.2) is 37.5 Å². The minimum atomic E-state index is 0. The number of carbonyl (C=O) groups excluding carboxylic acids is 1. The first kappa shape index (κ1) is 16.3. The first-order valence-electron chi connectivity index (χ1n) is 7.19. The Balaban J connectivity index is 0.00000161. The van der Waals surface area contributed by atoms with Crippen molar-refractivity contribution in [3.05, 3.63) is 35.2 Å². The van der Waals surface area contributed by atoms with Gasteiger partial charge in [-0.1, -0.05) is 0 Å². The van der Waals surface area contributed by atoms with Gasteiger partial charge in [-0.2, -0.15) is 0 Å². The van der Waals surface area contributed by atoms with E-state index in [2.05, 4.69) is 22.8 Å². The minimum absolute atomic E-state index is 0. The Bertz CT molecular complexity index is 611. The van der Waals surface area contributed by atoms with Gasteiger partial charge in [-0.3, -0.25) is 4.79 Å². The molecule has 2 aromatic rings. The topological polar surface area (TPSA) is 32.3 Å². The maximum Gasteiger partial charge on any atom is 0.253 e. The second-order valence-corrected chi connectivity index (χ2v) is 6.44. The average Bonchev–Trinajstić information content (AvgIpc) is 2.94. The smallest absolute Gasteiger partial charge is 0.253 e. The van der Waals surface area contributed by atoms with E-state index < -0.39 is 0 Å². The van der Waals surface area contributed by atoms with Gasteiger partial charge in [-0.05, 0) is 67.4 Å². The third kappa shape index (κ3) is 3.57. The predicted octanol–water partition coefficient (Wildman–Crippen LogP) is 3.39. The molecule has 0 aliphatic carbocycles. The normalized spacial score (nSPS) is 18.5. The number of amides is 1. The van der Waals surface area contributed by atoms with Crippen molar-refractivity contribution in [3.63, 3.8) is 0 Å². The Labute approximate surface area is 135 Å². The molecular weight excluding hydrogens is 304 g/mol. The highest BCUT2D eigenvalue weighted by Gasteiger charge is 2.24. The van der Waals surface area contributed by atoms with E-state index in [1.54, 1.807) is 11.3 Å². The van der Waals surface area contributed by atoms with Crippen molar-refractivity contribution < 1.29 is 4.79 Å². The summed E-state index contributed by atoms with van der Waals surface area (Å²) in [5.74, 6) is 0.765. The quantitative estimate of drug-likeness (QED) is 0.938. The fourth-order valence-electron chi connectivity index (χ4n) is 2.99. The van der Waals surface area contributed by atoms with Gasteiger partial charge in [0, 0.05) is 23.4 Å². The Morgan fingerprint density at radius 1 is 1.43 bits per heavy atom. The zero-order chi connectivity index (χ0) is 13.9. The number of nitrogens with zero attached hydrogens (tertiary/aromatic N) is 1. The highest BCUT2D eigenvalue weighted by atomic mass is 35.5. The maximum absolute atomic E-state index is 12.6. The molecular formula is C16H21ClN2OS. The van der Waals surface area contributed by atoms with Gasteiger partial charge in [-0.25, -0.2) is 0 Å². The van der Waals surface area contributed by atoms with Crippen LogP contribution in [0.15, 0.2) is 29.6 Å². The standard InChI is InChI=1S/C16H20N2OS.ClH/c1-17-10-12-3-2-7-18(11-12)16(19)14-4-5-15-13(9-14)6-8-20-15;/h4-6,8-9,12,17H,2-3,7,10-11H2,1H3;1H. The third-order valence-corrected chi connectivity index (χ3v) is 4.90. The van der Waals surface area contributed by atoms with Crippen molar-refractivity contribution in [2.75, 3.05) is 26.7 Å². The number of hydrogen-bond donors (Lipinski definition) is 1. The largest absolute Gasteiger partial charge is 0.338 e. The van der Waals surface area contributed by atoms with Crippen LogP contribution in [0.4, 0.5) is 0 Å². The molecule has 1 aromatic heterocycles. The second-order valence-electron chi connectivity index (χ2n) is 5.49. The summed E-state index contributed by atoms with van der Waals surface area (Å²) in [7, 11) is 1.98. The van der Waals surface area contributed by atoms with Gasteiger partial charge in [0.25, 0.3) is 5.91 Å². The number of halogens is 1. The number of piperidine rings is 1. The van der Waals surface area contributed by atoms with Crippen LogP contribution in [0.3, 0.4) is 0 Å². The minimum Gasteiger partial charge on any atom is -0.338 e. The van der Waals surface area contributed by atoms with Gasteiger partial charge >= 0.3 is 0 Å².